The third-order valence-corrected chi connectivity index (χ3v) is 2.17. The molecule has 0 spiro atoms. The van der Waals surface area contributed by atoms with Gasteiger partial charge in [0.05, 0.1) is 6.61 Å². The lowest BCUT2D eigenvalue weighted by Crippen LogP contribution is -2.29. The quantitative estimate of drug-likeness (QED) is 0.574. The lowest BCUT2D eigenvalue weighted by atomic mass is 10.3. The molecule has 1 aliphatic carbocycles. The van der Waals surface area contributed by atoms with Crippen LogP contribution in [0.15, 0.2) is 0 Å². The molecule has 0 aromatic heterocycles. The molecule has 1 fully saturated rings. The van der Waals surface area contributed by atoms with Crippen molar-refractivity contribution in [2.24, 2.45) is 5.92 Å². The maximum Gasteiger partial charge on any atom is 0.303 e. The van der Waals surface area contributed by atoms with Crippen molar-refractivity contribution in [1.82, 2.24) is 5.32 Å². The van der Waals surface area contributed by atoms with Gasteiger partial charge in [0.25, 0.3) is 0 Å². The molecule has 0 atom stereocenters. The molecule has 1 amide bonds. The van der Waals surface area contributed by atoms with Crippen molar-refractivity contribution in [2.75, 3.05) is 19.8 Å². The first-order valence-electron chi connectivity index (χ1n) is 5.24. The van der Waals surface area contributed by atoms with Gasteiger partial charge in [0.2, 0.25) is 5.91 Å². The Labute approximate surface area is 88.8 Å². The number of aliphatic carboxylic acids is 1. The van der Waals surface area contributed by atoms with Crippen LogP contribution < -0.4 is 5.32 Å². The average molecular weight is 215 g/mol. The zero-order chi connectivity index (χ0) is 11.1. The topological polar surface area (TPSA) is 75.6 Å². The van der Waals surface area contributed by atoms with Crippen molar-refractivity contribution in [3.63, 3.8) is 0 Å². The summed E-state index contributed by atoms with van der Waals surface area (Å²) in [5, 5.41) is 11.0. The number of amides is 1. The number of carbonyl (C=O) groups is 2. The molecule has 5 nitrogen and oxygen atoms in total. The molecule has 1 aliphatic rings. The molecule has 0 unspecified atom stereocenters. The summed E-state index contributed by atoms with van der Waals surface area (Å²) >= 11 is 0. The smallest absolute Gasteiger partial charge is 0.303 e. The molecule has 0 heterocycles. The number of nitrogens with one attached hydrogen (secondary N) is 1. The molecule has 1 rings (SSSR count). The van der Waals surface area contributed by atoms with Crippen LogP contribution in [0.25, 0.3) is 0 Å². The standard InChI is InChI=1S/C10H17NO4/c12-9(7-15-6-8-3-4-8)11-5-1-2-10(13)14/h8H,1-7H2,(H,11,12)(H,13,14). The molecule has 1 saturated carbocycles. The second kappa shape index (κ2) is 6.40. The molecular formula is C10H17NO4. The van der Waals surface area contributed by atoms with Gasteiger partial charge in [0, 0.05) is 13.0 Å². The molecule has 0 aromatic carbocycles. The number of carboxylic acids is 1. The van der Waals surface area contributed by atoms with E-state index in [1.54, 1.807) is 0 Å². The normalized spacial score (nSPS) is 14.9. The minimum absolute atomic E-state index is 0.0865. The van der Waals surface area contributed by atoms with Crippen molar-refractivity contribution < 1.29 is 19.4 Å². The zero-order valence-electron chi connectivity index (χ0n) is 8.70. The maximum atomic E-state index is 11.1. The highest BCUT2D eigenvalue weighted by Gasteiger charge is 2.21. The number of rotatable bonds is 8. The largest absolute Gasteiger partial charge is 0.481 e. The first-order chi connectivity index (χ1) is 7.18. The van der Waals surface area contributed by atoms with Crippen LogP contribution in [-0.4, -0.2) is 36.7 Å². The Hall–Kier alpha value is -1.10. The van der Waals surface area contributed by atoms with E-state index in [0.29, 0.717) is 25.5 Å². The van der Waals surface area contributed by atoms with Gasteiger partial charge in [-0.15, -0.1) is 0 Å². The summed E-state index contributed by atoms with van der Waals surface area (Å²) in [7, 11) is 0. The fourth-order valence-electron chi connectivity index (χ4n) is 1.12. The van der Waals surface area contributed by atoms with E-state index in [4.69, 9.17) is 9.84 Å². The minimum atomic E-state index is -0.839. The molecule has 2 N–H and O–H groups in total. The lowest BCUT2D eigenvalue weighted by Gasteiger charge is -2.04. The van der Waals surface area contributed by atoms with Gasteiger partial charge in [0.15, 0.2) is 0 Å². The number of carboxylic acid groups (broad SMARTS) is 1. The van der Waals surface area contributed by atoms with Gasteiger partial charge in [-0.2, -0.15) is 0 Å². The molecule has 0 aromatic rings. The van der Waals surface area contributed by atoms with Gasteiger partial charge < -0.3 is 15.2 Å². The molecule has 86 valence electrons. The molecule has 15 heavy (non-hydrogen) atoms. The molecule has 0 radical (unpaired) electrons. The number of carbonyl (C=O) groups excluding carboxylic acids is 1. The molecular weight excluding hydrogens is 198 g/mol. The second-order valence-electron chi connectivity index (χ2n) is 3.81. The highest BCUT2D eigenvalue weighted by atomic mass is 16.5. The van der Waals surface area contributed by atoms with Crippen LogP contribution in [0.2, 0.25) is 0 Å². The van der Waals surface area contributed by atoms with E-state index in [0.717, 1.165) is 0 Å². The van der Waals surface area contributed by atoms with E-state index >= 15 is 0 Å². The summed E-state index contributed by atoms with van der Waals surface area (Å²) in [4.78, 5) is 21.3. The Morgan fingerprint density at radius 2 is 2.13 bits per heavy atom. The third kappa shape index (κ3) is 6.90. The predicted octanol–water partition coefficient (Wildman–Crippen LogP) is 0.394. The maximum absolute atomic E-state index is 11.1. The number of ether oxygens (including phenoxy) is 1. The van der Waals surface area contributed by atoms with Crippen molar-refractivity contribution in [1.29, 1.82) is 0 Å². The van der Waals surface area contributed by atoms with E-state index in [9.17, 15) is 9.59 Å². The van der Waals surface area contributed by atoms with Crippen LogP contribution in [0.5, 0.6) is 0 Å². The van der Waals surface area contributed by atoms with Crippen LogP contribution in [0.4, 0.5) is 0 Å². The average Bonchev–Trinajstić information content (AvgIpc) is 2.96. The lowest BCUT2D eigenvalue weighted by molar-refractivity contribution is -0.137. The highest BCUT2D eigenvalue weighted by molar-refractivity contribution is 5.77. The van der Waals surface area contributed by atoms with Crippen molar-refractivity contribution in [2.45, 2.75) is 25.7 Å². The summed E-state index contributed by atoms with van der Waals surface area (Å²) in [6.07, 6.45) is 2.97. The van der Waals surface area contributed by atoms with Gasteiger partial charge in [-0.25, -0.2) is 0 Å². The van der Waals surface area contributed by atoms with E-state index in [1.165, 1.54) is 12.8 Å². The van der Waals surface area contributed by atoms with Crippen molar-refractivity contribution in [3.05, 3.63) is 0 Å². The highest BCUT2D eigenvalue weighted by Crippen LogP contribution is 2.28. The third-order valence-electron chi connectivity index (χ3n) is 2.17. The first kappa shape index (κ1) is 12.0. The first-order valence-corrected chi connectivity index (χ1v) is 5.24. The van der Waals surface area contributed by atoms with Crippen LogP contribution in [0.3, 0.4) is 0 Å². The zero-order valence-corrected chi connectivity index (χ0v) is 8.70. The van der Waals surface area contributed by atoms with Crippen LogP contribution >= 0.6 is 0 Å². The number of hydrogen-bond acceptors (Lipinski definition) is 3. The van der Waals surface area contributed by atoms with E-state index in [-0.39, 0.29) is 18.9 Å². The Balaban J connectivity index is 1.86. The summed E-state index contributed by atoms with van der Waals surface area (Å²) in [5.41, 5.74) is 0. The monoisotopic (exact) mass is 215 g/mol. The van der Waals surface area contributed by atoms with Crippen molar-refractivity contribution in [3.8, 4) is 0 Å². The SMILES string of the molecule is O=C(O)CCCNC(=O)COCC1CC1. The molecule has 0 aliphatic heterocycles. The summed E-state index contributed by atoms with van der Waals surface area (Å²) in [6, 6.07) is 0. The van der Waals surface area contributed by atoms with Crippen LogP contribution in [0.1, 0.15) is 25.7 Å². The van der Waals surface area contributed by atoms with Gasteiger partial charge in [-0.3, -0.25) is 9.59 Å². The van der Waals surface area contributed by atoms with Gasteiger partial charge >= 0.3 is 5.97 Å². The van der Waals surface area contributed by atoms with Crippen LogP contribution in [-0.2, 0) is 14.3 Å². The molecule has 0 saturated heterocycles. The number of hydrogen-bond donors (Lipinski definition) is 2. The van der Waals surface area contributed by atoms with Gasteiger partial charge in [-0.05, 0) is 25.2 Å². The fraction of sp³-hybridized carbons (Fsp3) is 0.800. The Kier molecular flexibility index (Phi) is 5.10. The van der Waals surface area contributed by atoms with Crippen molar-refractivity contribution >= 4 is 11.9 Å². The van der Waals surface area contributed by atoms with E-state index < -0.39 is 5.97 Å². The molecule has 5 heteroatoms. The Bertz CT molecular complexity index is 225. The fourth-order valence-corrected chi connectivity index (χ4v) is 1.12. The summed E-state index contributed by atoms with van der Waals surface area (Å²) in [5.74, 6) is -0.347. The molecule has 0 bridgehead atoms. The van der Waals surface area contributed by atoms with Crippen LogP contribution in [0, 0.1) is 5.92 Å². The summed E-state index contributed by atoms with van der Waals surface area (Å²) in [6.45, 7) is 1.16. The van der Waals surface area contributed by atoms with E-state index in [1.807, 2.05) is 0 Å². The van der Waals surface area contributed by atoms with Gasteiger partial charge in [-0.1, -0.05) is 0 Å². The van der Waals surface area contributed by atoms with Gasteiger partial charge in [0.1, 0.15) is 6.61 Å². The summed E-state index contributed by atoms with van der Waals surface area (Å²) < 4.78 is 5.17. The Morgan fingerprint density at radius 3 is 2.73 bits per heavy atom. The Morgan fingerprint density at radius 1 is 1.40 bits per heavy atom. The predicted molar refractivity (Wildman–Crippen MR) is 53.4 cm³/mol. The second-order valence-corrected chi connectivity index (χ2v) is 3.81. The van der Waals surface area contributed by atoms with E-state index in [2.05, 4.69) is 5.32 Å². The minimum Gasteiger partial charge on any atom is -0.481 e.